The molecule has 0 atom stereocenters. The van der Waals surface area contributed by atoms with E-state index in [0.29, 0.717) is 17.5 Å². The molecule has 0 aliphatic rings. The third-order valence-electron chi connectivity index (χ3n) is 12.3. The molecule has 0 aliphatic heterocycles. The van der Waals surface area contributed by atoms with Crippen LogP contribution in [0.25, 0.3) is 126 Å². The number of fused-ring (bicyclic) bond motifs is 9. The molecule has 0 N–H and O–H groups in total. The van der Waals surface area contributed by atoms with Gasteiger partial charge in [-0.1, -0.05) is 164 Å². The van der Waals surface area contributed by atoms with Crippen molar-refractivity contribution in [3.05, 3.63) is 206 Å². The molecule has 0 unspecified atom stereocenters. The summed E-state index contributed by atoms with van der Waals surface area (Å²) in [4.78, 5) is 15.8. The molecule has 9 aromatic carbocycles. The number of hydrogen-bond donors (Lipinski definition) is 0. The summed E-state index contributed by atoms with van der Waals surface area (Å²) in [5.41, 5.74) is 12.3. The fourth-order valence-electron chi connectivity index (χ4n) is 9.39. The van der Waals surface area contributed by atoms with E-state index in [0.717, 1.165) is 60.7 Å². The minimum atomic E-state index is 0.589. The number of para-hydroxylation sites is 2. The molecule has 63 heavy (non-hydrogen) atoms. The zero-order chi connectivity index (χ0) is 41.4. The van der Waals surface area contributed by atoms with Crippen molar-refractivity contribution in [2.24, 2.45) is 0 Å². The van der Waals surface area contributed by atoms with Gasteiger partial charge in [-0.15, -0.1) is 11.3 Å². The van der Waals surface area contributed by atoms with Crippen molar-refractivity contribution in [2.75, 3.05) is 0 Å². The van der Waals surface area contributed by atoms with Gasteiger partial charge in [-0.3, -0.25) is 0 Å². The summed E-state index contributed by atoms with van der Waals surface area (Å²) in [5.74, 6) is 1.83. The van der Waals surface area contributed by atoms with Gasteiger partial charge in [-0.05, 0) is 64.7 Å². The molecular formula is C57H34N4OS. The maximum atomic E-state index is 6.94. The number of benzene rings is 9. The Morgan fingerprint density at radius 1 is 0.365 bits per heavy atom. The molecule has 0 bridgehead atoms. The molecule has 4 heterocycles. The molecule has 4 aromatic heterocycles. The zero-order valence-electron chi connectivity index (χ0n) is 33.7. The first-order valence-electron chi connectivity index (χ1n) is 21.1. The second-order valence-electron chi connectivity index (χ2n) is 15.9. The van der Waals surface area contributed by atoms with Crippen LogP contribution in [-0.2, 0) is 0 Å². The smallest absolute Gasteiger partial charge is 0.164 e. The van der Waals surface area contributed by atoms with Gasteiger partial charge in [0.15, 0.2) is 23.1 Å². The van der Waals surface area contributed by atoms with Crippen LogP contribution < -0.4 is 0 Å². The number of furan rings is 1. The Morgan fingerprint density at radius 3 is 1.71 bits per heavy atom. The first-order chi connectivity index (χ1) is 31.2. The first-order valence-corrected chi connectivity index (χ1v) is 21.9. The molecule has 0 amide bonds. The van der Waals surface area contributed by atoms with Gasteiger partial charge in [-0.25, -0.2) is 15.0 Å². The van der Waals surface area contributed by atoms with Crippen LogP contribution in [0.5, 0.6) is 0 Å². The summed E-state index contributed by atoms with van der Waals surface area (Å²) in [6.45, 7) is 0. The van der Waals surface area contributed by atoms with Crippen molar-refractivity contribution in [1.82, 2.24) is 19.5 Å². The van der Waals surface area contributed by atoms with Crippen LogP contribution in [0.4, 0.5) is 0 Å². The quantitative estimate of drug-likeness (QED) is 0.168. The summed E-state index contributed by atoms with van der Waals surface area (Å²) in [5, 5.41) is 6.67. The van der Waals surface area contributed by atoms with Gasteiger partial charge in [-0.2, -0.15) is 0 Å². The Kier molecular flexibility index (Phi) is 8.01. The van der Waals surface area contributed by atoms with Gasteiger partial charge in [0.1, 0.15) is 5.58 Å². The molecule has 6 heteroatoms. The van der Waals surface area contributed by atoms with Crippen molar-refractivity contribution < 1.29 is 4.42 Å². The molecular weight excluding hydrogens is 789 g/mol. The number of rotatable bonds is 6. The topological polar surface area (TPSA) is 56.7 Å². The number of hydrogen-bond acceptors (Lipinski definition) is 5. The van der Waals surface area contributed by atoms with E-state index in [2.05, 4.69) is 180 Å². The third kappa shape index (κ3) is 5.73. The van der Waals surface area contributed by atoms with E-state index in [1.165, 1.54) is 47.8 Å². The molecule has 0 aliphatic carbocycles. The van der Waals surface area contributed by atoms with Gasteiger partial charge in [0.2, 0.25) is 0 Å². The maximum Gasteiger partial charge on any atom is 0.164 e. The van der Waals surface area contributed by atoms with E-state index in [1.54, 1.807) is 11.3 Å². The summed E-state index contributed by atoms with van der Waals surface area (Å²) >= 11 is 1.80. The highest BCUT2D eigenvalue weighted by atomic mass is 32.1. The molecule has 0 saturated carbocycles. The fraction of sp³-hybridized carbons (Fsp3) is 0. The van der Waals surface area contributed by atoms with E-state index in [9.17, 15) is 0 Å². The van der Waals surface area contributed by atoms with Gasteiger partial charge < -0.3 is 8.98 Å². The minimum absolute atomic E-state index is 0.589. The molecule has 13 rings (SSSR count). The highest BCUT2D eigenvalue weighted by Crippen LogP contribution is 2.44. The summed E-state index contributed by atoms with van der Waals surface area (Å²) < 4.78 is 11.7. The molecule has 0 radical (unpaired) electrons. The van der Waals surface area contributed by atoms with E-state index < -0.39 is 0 Å². The molecule has 294 valence electrons. The second kappa shape index (κ2) is 14.2. The normalized spacial score (nSPS) is 11.8. The lowest BCUT2D eigenvalue weighted by Crippen LogP contribution is -2.00. The van der Waals surface area contributed by atoms with Gasteiger partial charge in [0, 0.05) is 58.4 Å². The zero-order valence-corrected chi connectivity index (χ0v) is 34.6. The Morgan fingerprint density at radius 2 is 0.952 bits per heavy atom. The lowest BCUT2D eigenvalue weighted by molar-refractivity contribution is 0.666. The van der Waals surface area contributed by atoms with Gasteiger partial charge in [0.25, 0.3) is 0 Å². The van der Waals surface area contributed by atoms with E-state index >= 15 is 0 Å². The predicted molar refractivity (Wildman–Crippen MR) is 262 cm³/mol. The number of aromatic nitrogens is 4. The maximum absolute atomic E-state index is 6.94. The summed E-state index contributed by atoms with van der Waals surface area (Å²) in [6, 6.07) is 72.5. The fourth-order valence-corrected chi connectivity index (χ4v) is 10.6. The van der Waals surface area contributed by atoms with E-state index in [1.807, 2.05) is 30.3 Å². The summed E-state index contributed by atoms with van der Waals surface area (Å²) in [7, 11) is 0. The standard InChI is InChI=1S/C57H34N4OS/c1-4-15-35(16-5-1)38-30-32-47-45(33-38)40-21-10-11-25-46(40)61(47)48-26-12-22-42-52-43(23-13-27-49(52)62-54(42)48)56-58-55(37-19-8-3-9-20-37)59-57(60-56)44-24-14-28-50-53(44)41-31-29-39(34-51(41)63-50)36-17-6-2-7-18-36/h1-34H. The molecule has 13 aromatic rings. The van der Waals surface area contributed by atoms with Crippen LogP contribution in [-0.4, -0.2) is 19.5 Å². The molecule has 0 spiro atoms. The molecule has 5 nitrogen and oxygen atoms in total. The van der Waals surface area contributed by atoms with E-state index in [4.69, 9.17) is 19.4 Å². The van der Waals surface area contributed by atoms with Crippen LogP contribution in [0.1, 0.15) is 0 Å². The van der Waals surface area contributed by atoms with Crippen LogP contribution in [0.15, 0.2) is 211 Å². The average molecular weight is 823 g/mol. The highest BCUT2D eigenvalue weighted by molar-refractivity contribution is 7.26. The Bertz CT molecular complexity index is 3910. The summed E-state index contributed by atoms with van der Waals surface area (Å²) in [6.07, 6.45) is 0. The minimum Gasteiger partial charge on any atom is -0.454 e. The average Bonchev–Trinajstić information content (AvgIpc) is 4.04. The van der Waals surface area contributed by atoms with Crippen molar-refractivity contribution in [2.45, 2.75) is 0 Å². The Balaban J connectivity index is 1.01. The Labute approximate surface area is 365 Å². The largest absolute Gasteiger partial charge is 0.454 e. The predicted octanol–water partition coefficient (Wildman–Crippen LogP) is 15.6. The molecule has 0 saturated heterocycles. The second-order valence-corrected chi connectivity index (χ2v) is 17.0. The SMILES string of the molecule is c1ccc(-c2ccc3c(c2)sc2cccc(-c4nc(-c5ccccc5)nc(-c5cccc6oc7c(-n8c9ccccc9c9cc(-c%10ccccc%10)ccc98)cccc7c56)n4)c23)cc1. The van der Waals surface area contributed by atoms with Gasteiger partial charge in [0.05, 0.1) is 16.7 Å². The first kappa shape index (κ1) is 35.6. The highest BCUT2D eigenvalue weighted by Gasteiger charge is 2.23. The van der Waals surface area contributed by atoms with Gasteiger partial charge >= 0.3 is 0 Å². The number of nitrogens with zero attached hydrogens (tertiary/aromatic N) is 4. The van der Waals surface area contributed by atoms with Crippen LogP contribution in [0.2, 0.25) is 0 Å². The third-order valence-corrected chi connectivity index (χ3v) is 13.4. The van der Waals surface area contributed by atoms with Crippen molar-refractivity contribution in [1.29, 1.82) is 0 Å². The van der Waals surface area contributed by atoms with Crippen LogP contribution in [0, 0.1) is 0 Å². The van der Waals surface area contributed by atoms with Crippen LogP contribution >= 0.6 is 11.3 Å². The monoisotopic (exact) mass is 822 g/mol. The molecule has 0 fully saturated rings. The van der Waals surface area contributed by atoms with Crippen molar-refractivity contribution in [3.8, 4) is 62.1 Å². The van der Waals surface area contributed by atoms with E-state index in [-0.39, 0.29) is 0 Å². The van der Waals surface area contributed by atoms with Crippen LogP contribution in [0.3, 0.4) is 0 Å². The lowest BCUT2D eigenvalue weighted by atomic mass is 10.0. The van der Waals surface area contributed by atoms with Crippen molar-refractivity contribution in [3.63, 3.8) is 0 Å². The lowest BCUT2D eigenvalue weighted by Gasteiger charge is -2.10. The van der Waals surface area contributed by atoms with Crippen molar-refractivity contribution >= 4 is 75.3 Å². The Hall–Kier alpha value is -8.19. The number of thiophene rings is 1.